The van der Waals surface area contributed by atoms with Gasteiger partial charge in [0.05, 0.1) is 17.1 Å². The van der Waals surface area contributed by atoms with E-state index >= 15 is 0 Å². The molecule has 1 aromatic heterocycles. The van der Waals surface area contributed by atoms with E-state index in [2.05, 4.69) is 11.4 Å². The van der Waals surface area contributed by atoms with Crippen molar-refractivity contribution in [2.24, 2.45) is 7.05 Å². The van der Waals surface area contributed by atoms with Crippen LogP contribution in [0.2, 0.25) is 0 Å². The maximum atomic E-state index is 12.8. The molecule has 0 radical (unpaired) electrons. The molecule has 0 aliphatic heterocycles. The Morgan fingerprint density at radius 3 is 2.75 bits per heavy atom. The Morgan fingerprint density at radius 2 is 2.17 bits per heavy atom. The van der Waals surface area contributed by atoms with Gasteiger partial charge in [0.15, 0.2) is 0 Å². The lowest BCUT2D eigenvalue weighted by atomic mass is 9.79. The predicted octanol–water partition coefficient (Wildman–Crippen LogP) is 1.87. The van der Waals surface area contributed by atoms with Gasteiger partial charge in [0.1, 0.15) is 6.29 Å². The molecule has 6 nitrogen and oxygen atoms in total. The van der Waals surface area contributed by atoms with Gasteiger partial charge in [-0.25, -0.2) is 4.79 Å². The summed E-state index contributed by atoms with van der Waals surface area (Å²) >= 11 is 0. The molecular formula is C18H23N3O3. The van der Waals surface area contributed by atoms with E-state index in [1.54, 1.807) is 18.7 Å². The van der Waals surface area contributed by atoms with Gasteiger partial charge in [-0.15, -0.1) is 0 Å². The first-order valence-corrected chi connectivity index (χ1v) is 8.44. The first-order valence-electron chi connectivity index (χ1n) is 8.44. The van der Waals surface area contributed by atoms with Crippen LogP contribution in [0.4, 0.5) is 0 Å². The van der Waals surface area contributed by atoms with E-state index in [1.165, 1.54) is 16.6 Å². The second-order valence-electron chi connectivity index (χ2n) is 6.47. The highest BCUT2D eigenvalue weighted by Gasteiger charge is 2.26. The summed E-state index contributed by atoms with van der Waals surface area (Å²) < 4.78 is 3.17. The number of rotatable bonds is 6. The number of fused-ring (bicyclic) bond motifs is 1. The average Bonchev–Trinajstić information content (AvgIpc) is 2.79. The molecule has 1 fully saturated rings. The summed E-state index contributed by atoms with van der Waals surface area (Å²) in [6.45, 7) is 0. The van der Waals surface area contributed by atoms with E-state index in [0.717, 1.165) is 30.2 Å². The van der Waals surface area contributed by atoms with Crippen molar-refractivity contribution in [2.45, 2.75) is 44.1 Å². The molecule has 24 heavy (non-hydrogen) atoms. The fourth-order valence-electron chi connectivity index (χ4n) is 3.50. The molecule has 1 heterocycles. The van der Waals surface area contributed by atoms with Crippen LogP contribution >= 0.6 is 0 Å². The molecule has 1 amide bonds. The summed E-state index contributed by atoms with van der Waals surface area (Å²) in [4.78, 5) is 35.8. The number of aryl methyl sites for hydroxylation is 1. The quantitative estimate of drug-likeness (QED) is 0.822. The van der Waals surface area contributed by atoms with Crippen LogP contribution in [-0.2, 0) is 16.6 Å². The van der Waals surface area contributed by atoms with Crippen LogP contribution < -0.4 is 11.0 Å². The Morgan fingerprint density at radius 1 is 1.42 bits per heavy atom. The monoisotopic (exact) mass is 329 g/mol. The Kier molecular flexibility index (Phi) is 4.55. The number of hydrogen-bond donors (Lipinski definition) is 1. The van der Waals surface area contributed by atoms with Gasteiger partial charge in [0.25, 0.3) is 0 Å². The van der Waals surface area contributed by atoms with Crippen molar-refractivity contribution in [2.75, 3.05) is 7.05 Å². The zero-order chi connectivity index (χ0) is 17.3. The Bertz CT molecular complexity index is 830. The topological polar surface area (TPSA) is 73.1 Å². The summed E-state index contributed by atoms with van der Waals surface area (Å²) in [6.07, 6.45) is 4.80. The Labute approximate surface area is 140 Å². The molecule has 1 N–H and O–H groups in total. The minimum absolute atomic E-state index is 0.134. The number of hydrogen-bond acceptors (Lipinski definition) is 3. The number of aromatic nitrogens is 2. The summed E-state index contributed by atoms with van der Waals surface area (Å²) in [7, 11) is 3.32. The van der Waals surface area contributed by atoms with Gasteiger partial charge >= 0.3 is 5.69 Å². The number of para-hydroxylation sites is 1. The SMILES string of the molecule is CNC(=O)CCC(C=O)n1c(=O)n(C)c2c(C3CCC3)cccc21. The minimum Gasteiger partial charge on any atom is -0.359 e. The maximum absolute atomic E-state index is 12.8. The van der Waals surface area contributed by atoms with Crippen LogP contribution in [-0.4, -0.2) is 28.4 Å². The molecule has 6 heteroatoms. The number of benzene rings is 1. The molecule has 1 unspecified atom stereocenters. The number of carbonyl (C=O) groups is 2. The highest BCUT2D eigenvalue weighted by Crippen LogP contribution is 2.39. The van der Waals surface area contributed by atoms with Gasteiger partial charge in [0, 0.05) is 20.5 Å². The van der Waals surface area contributed by atoms with Crippen molar-refractivity contribution in [3.05, 3.63) is 34.2 Å². The van der Waals surface area contributed by atoms with Gasteiger partial charge in [-0.3, -0.25) is 13.9 Å². The van der Waals surface area contributed by atoms with Gasteiger partial charge in [-0.1, -0.05) is 18.6 Å². The zero-order valence-electron chi connectivity index (χ0n) is 14.1. The van der Waals surface area contributed by atoms with Gasteiger partial charge in [-0.2, -0.15) is 0 Å². The maximum Gasteiger partial charge on any atom is 0.329 e. The van der Waals surface area contributed by atoms with Crippen molar-refractivity contribution in [1.82, 2.24) is 14.5 Å². The number of nitrogens with one attached hydrogen (secondary N) is 1. The van der Waals surface area contributed by atoms with Crippen LogP contribution in [0.15, 0.2) is 23.0 Å². The van der Waals surface area contributed by atoms with E-state index in [1.807, 2.05) is 12.1 Å². The molecule has 0 spiro atoms. The van der Waals surface area contributed by atoms with Crippen molar-refractivity contribution in [1.29, 1.82) is 0 Å². The predicted molar refractivity (Wildman–Crippen MR) is 92.2 cm³/mol. The number of carbonyl (C=O) groups excluding carboxylic acids is 2. The molecule has 1 aliphatic carbocycles. The fraction of sp³-hybridized carbons (Fsp3) is 0.500. The highest BCUT2D eigenvalue weighted by atomic mass is 16.2. The normalized spacial score (nSPS) is 15.9. The molecule has 2 aromatic rings. The first-order chi connectivity index (χ1) is 11.6. The molecule has 0 saturated heterocycles. The molecule has 1 saturated carbocycles. The molecule has 128 valence electrons. The van der Waals surface area contributed by atoms with Crippen LogP contribution in [0.1, 0.15) is 49.6 Å². The lowest BCUT2D eigenvalue weighted by Crippen LogP contribution is -2.28. The van der Waals surface area contributed by atoms with Gasteiger partial charge < -0.3 is 10.1 Å². The lowest BCUT2D eigenvalue weighted by Gasteiger charge is -2.26. The number of imidazole rings is 1. The van der Waals surface area contributed by atoms with Crippen LogP contribution in [0.5, 0.6) is 0 Å². The number of amides is 1. The molecule has 1 aromatic carbocycles. The summed E-state index contributed by atoms with van der Waals surface area (Å²) in [6, 6.07) is 5.29. The van der Waals surface area contributed by atoms with E-state index < -0.39 is 6.04 Å². The number of aldehydes is 1. The minimum atomic E-state index is -0.629. The fourth-order valence-corrected chi connectivity index (χ4v) is 3.50. The van der Waals surface area contributed by atoms with Crippen LogP contribution in [0.25, 0.3) is 11.0 Å². The molecule has 1 aliphatic rings. The summed E-state index contributed by atoms with van der Waals surface area (Å²) in [5.41, 5.74) is 2.68. The average molecular weight is 329 g/mol. The van der Waals surface area contributed by atoms with Crippen molar-refractivity contribution in [3.8, 4) is 0 Å². The molecule has 1 atom stereocenters. The van der Waals surface area contributed by atoms with E-state index in [-0.39, 0.29) is 18.0 Å². The van der Waals surface area contributed by atoms with E-state index in [0.29, 0.717) is 12.3 Å². The third-order valence-corrected chi connectivity index (χ3v) is 5.11. The standard InChI is InChI=1S/C18H23N3O3/c1-19-16(23)10-9-13(11-22)21-15-8-4-7-14(12-5-3-6-12)17(15)20(2)18(21)24/h4,7-8,11-13H,3,5-6,9-10H2,1-2H3,(H,19,23). The van der Waals surface area contributed by atoms with E-state index in [4.69, 9.17) is 0 Å². The molecule has 3 rings (SSSR count). The second kappa shape index (κ2) is 6.63. The Balaban J connectivity index is 2.07. The van der Waals surface area contributed by atoms with Crippen molar-refractivity contribution in [3.63, 3.8) is 0 Å². The second-order valence-corrected chi connectivity index (χ2v) is 6.47. The van der Waals surface area contributed by atoms with Gasteiger partial charge in [0.2, 0.25) is 5.91 Å². The smallest absolute Gasteiger partial charge is 0.329 e. The van der Waals surface area contributed by atoms with Crippen LogP contribution in [0.3, 0.4) is 0 Å². The highest BCUT2D eigenvalue weighted by molar-refractivity contribution is 5.82. The van der Waals surface area contributed by atoms with Crippen molar-refractivity contribution < 1.29 is 9.59 Å². The zero-order valence-corrected chi connectivity index (χ0v) is 14.1. The van der Waals surface area contributed by atoms with Gasteiger partial charge in [-0.05, 0) is 36.8 Å². The summed E-state index contributed by atoms with van der Waals surface area (Å²) in [5, 5.41) is 2.54. The molecular weight excluding hydrogens is 306 g/mol. The molecule has 0 bridgehead atoms. The van der Waals surface area contributed by atoms with E-state index in [9.17, 15) is 14.4 Å². The summed E-state index contributed by atoms with van der Waals surface area (Å²) in [5.74, 6) is 0.362. The van der Waals surface area contributed by atoms with Crippen molar-refractivity contribution >= 4 is 23.2 Å². The first kappa shape index (κ1) is 16.5. The third-order valence-electron chi connectivity index (χ3n) is 5.11. The van der Waals surface area contributed by atoms with Crippen LogP contribution in [0, 0.1) is 0 Å². The number of nitrogens with zero attached hydrogens (tertiary/aromatic N) is 2. The lowest BCUT2D eigenvalue weighted by molar-refractivity contribution is -0.121. The third kappa shape index (κ3) is 2.66. The Hall–Kier alpha value is -2.37. The largest absolute Gasteiger partial charge is 0.359 e.